The summed E-state index contributed by atoms with van der Waals surface area (Å²) in [5.74, 6) is -1.58. The van der Waals surface area contributed by atoms with E-state index in [4.69, 9.17) is 0 Å². The standard InChI is InChI=1S/C20H23FN2O4/c21-16-6-4-13(5-7-16)8-17(24)22-9-15-10-23(18(25)14-2-1-3-14)12-20(15,11-22)19(26)27/h4-7,14-15H,1-3,8-12H2,(H,26,27)/t15?,20-/m0/s1. The first kappa shape index (κ1) is 17.9. The van der Waals surface area contributed by atoms with Gasteiger partial charge in [0.15, 0.2) is 0 Å². The molecule has 1 saturated carbocycles. The van der Waals surface area contributed by atoms with E-state index in [2.05, 4.69) is 0 Å². The Hall–Kier alpha value is -2.44. The van der Waals surface area contributed by atoms with Crippen LogP contribution < -0.4 is 0 Å². The average Bonchev–Trinajstić information content (AvgIpc) is 3.11. The lowest BCUT2D eigenvalue weighted by Gasteiger charge is -2.31. The summed E-state index contributed by atoms with van der Waals surface area (Å²) in [4.78, 5) is 40.5. The summed E-state index contributed by atoms with van der Waals surface area (Å²) in [6, 6.07) is 5.75. The van der Waals surface area contributed by atoms with Gasteiger partial charge in [0.25, 0.3) is 0 Å². The third-order valence-electron chi connectivity index (χ3n) is 6.42. The van der Waals surface area contributed by atoms with E-state index in [9.17, 15) is 23.9 Å². The van der Waals surface area contributed by atoms with E-state index in [-0.39, 0.29) is 49.0 Å². The third-order valence-corrected chi connectivity index (χ3v) is 6.42. The number of hydrogen-bond acceptors (Lipinski definition) is 3. The van der Waals surface area contributed by atoms with E-state index in [1.807, 2.05) is 0 Å². The zero-order valence-electron chi connectivity index (χ0n) is 15.1. The van der Waals surface area contributed by atoms with Crippen molar-refractivity contribution in [2.45, 2.75) is 25.7 Å². The van der Waals surface area contributed by atoms with Crippen molar-refractivity contribution in [3.8, 4) is 0 Å². The average molecular weight is 374 g/mol. The molecule has 1 N–H and O–H groups in total. The summed E-state index contributed by atoms with van der Waals surface area (Å²) in [5, 5.41) is 9.89. The van der Waals surface area contributed by atoms with E-state index >= 15 is 0 Å². The largest absolute Gasteiger partial charge is 0.481 e. The number of rotatable bonds is 4. The van der Waals surface area contributed by atoms with Gasteiger partial charge in [0.1, 0.15) is 11.2 Å². The van der Waals surface area contributed by atoms with Gasteiger partial charge < -0.3 is 14.9 Å². The minimum Gasteiger partial charge on any atom is -0.481 e. The molecule has 3 aliphatic rings. The van der Waals surface area contributed by atoms with Crippen LogP contribution in [-0.4, -0.2) is 58.9 Å². The molecule has 27 heavy (non-hydrogen) atoms. The van der Waals surface area contributed by atoms with Gasteiger partial charge >= 0.3 is 5.97 Å². The van der Waals surface area contributed by atoms with Crippen LogP contribution in [0.3, 0.4) is 0 Å². The highest BCUT2D eigenvalue weighted by Gasteiger charge is 2.59. The van der Waals surface area contributed by atoms with Crippen LogP contribution in [0.1, 0.15) is 24.8 Å². The van der Waals surface area contributed by atoms with Crippen LogP contribution in [0.2, 0.25) is 0 Å². The van der Waals surface area contributed by atoms with E-state index in [1.165, 1.54) is 12.1 Å². The number of aliphatic carboxylic acids is 1. The number of carbonyl (C=O) groups is 3. The quantitative estimate of drug-likeness (QED) is 0.867. The van der Waals surface area contributed by atoms with Gasteiger partial charge in [-0.15, -0.1) is 0 Å². The fraction of sp³-hybridized carbons (Fsp3) is 0.550. The van der Waals surface area contributed by atoms with E-state index in [0.29, 0.717) is 18.7 Å². The smallest absolute Gasteiger partial charge is 0.313 e. The normalized spacial score (nSPS) is 27.4. The number of nitrogens with zero attached hydrogens (tertiary/aromatic N) is 2. The molecular weight excluding hydrogens is 351 g/mol. The van der Waals surface area contributed by atoms with Crippen LogP contribution in [0.5, 0.6) is 0 Å². The monoisotopic (exact) mass is 374 g/mol. The Bertz CT molecular complexity index is 777. The molecular formula is C20H23FN2O4. The summed E-state index contributed by atoms with van der Waals surface area (Å²) < 4.78 is 13.0. The van der Waals surface area contributed by atoms with Gasteiger partial charge in [-0.25, -0.2) is 4.39 Å². The molecule has 1 aliphatic carbocycles. The zero-order valence-corrected chi connectivity index (χ0v) is 15.1. The highest BCUT2D eigenvalue weighted by Crippen LogP contribution is 2.44. The number of carboxylic acids is 1. The van der Waals surface area contributed by atoms with Crippen LogP contribution in [-0.2, 0) is 20.8 Å². The molecule has 4 rings (SSSR count). The number of halogens is 1. The van der Waals surface area contributed by atoms with Crippen molar-refractivity contribution in [2.24, 2.45) is 17.3 Å². The van der Waals surface area contributed by atoms with Gasteiger partial charge in [0, 0.05) is 38.0 Å². The molecule has 144 valence electrons. The van der Waals surface area contributed by atoms with Gasteiger partial charge in [-0.3, -0.25) is 14.4 Å². The van der Waals surface area contributed by atoms with Crippen LogP contribution in [0, 0.1) is 23.1 Å². The molecule has 2 heterocycles. The van der Waals surface area contributed by atoms with Crippen molar-refractivity contribution in [2.75, 3.05) is 26.2 Å². The molecule has 2 saturated heterocycles. The second kappa shape index (κ2) is 6.62. The Morgan fingerprint density at radius 3 is 2.26 bits per heavy atom. The van der Waals surface area contributed by atoms with Crippen LogP contribution in [0.15, 0.2) is 24.3 Å². The number of carboxylic acid groups (broad SMARTS) is 1. The lowest BCUT2D eigenvalue weighted by molar-refractivity contribution is -0.149. The summed E-state index contributed by atoms with van der Waals surface area (Å²) >= 11 is 0. The predicted octanol–water partition coefficient (Wildman–Crippen LogP) is 1.54. The summed E-state index contributed by atoms with van der Waals surface area (Å²) in [5.41, 5.74) is -0.373. The third kappa shape index (κ3) is 3.09. The Balaban J connectivity index is 1.44. The van der Waals surface area contributed by atoms with Crippen molar-refractivity contribution in [1.82, 2.24) is 9.80 Å². The lowest BCUT2D eigenvalue weighted by atomic mass is 9.81. The van der Waals surface area contributed by atoms with Crippen molar-refractivity contribution in [1.29, 1.82) is 0 Å². The molecule has 0 spiro atoms. The molecule has 0 radical (unpaired) electrons. The predicted molar refractivity (Wildman–Crippen MR) is 94.2 cm³/mol. The maximum atomic E-state index is 13.0. The maximum absolute atomic E-state index is 13.0. The number of hydrogen-bond donors (Lipinski definition) is 1. The topological polar surface area (TPSA) is 77.9 Å². The Morgan fingerprint density at radius 1 is 1.07 bits per heavy atom. The van der Waals surface area contributed by atoms with Crippen LogP contribution in [0.25, 0.3) is 0 Å². The number of benzene rings is 1. The molecule has 3 fully saturated rings. The lowest BCUT2D eigenvalue weighted by Crippen LogP contribution is -2.45. The molecule has 1 unspecified atom stereocenters. The van der Waals surface area contributed by atoms with Gasteiger partial charge in [-0.1, -0.05) is 18.6 Å². The maximum Gasteiger partial charge on any atom is 0.313 e. The van der Waals surface area contributed by atoms with Crippen LogP contribution >= 0.6 is 0 Å². The molecule has 2 atom stereocenters. The molecule has 1 aromatic carbocycles. The SMILES string of the molecule is O=C(Cc1ccc(F)cc1)N1CC2CN(C(=O)C3CCC3)C[C@@]2(C(=O)O)C1. The molecule has 0 aromatic heterocycles. The highest BCUT2D eigenvalue weighted by molar-refractivity contribution is 5.85. The Labute approximate surface area is 156 Å². The zero-order chi connectivity index (χ0) is 19.2. The van der Waals surface area contributed by atoms with Gasteiger partial charge in [0.2, 0.25) is 11.8 Å². The van der Waals surface area contributed by atoms with Crippen molar-refractivity contribution < 1.29 is 23.9 Å². The number of amides is 2. The van der Waals surface area contributed by atoms with E-state index in [0.717, 1.165) is 19.3 Å². The minimum absolute atomic E-state index is 0.0471. The second-order valence-corrected chi connectivity index (χ2v) is 8.08. The van der Waals surface area contributed by atoms with E-state index in [1.54, 1.807) is 21.9 Å². The summed E-state index contributed by atoms with van der Waals surface area (Å²) in [7, 11) is 0. The fourth-order valence-corrected chi connectivity index (χ4v) is 4.53. The van der Waals surface area contributed by atoms with Gasteiger partial charge in [0.05, 0.1) is 6.42 Å². The Kier molecular flexibility index (Phi) is 4.40. The summed E-state index contributed by atoms with van der Waals surface area (Å²) in [6.45, 7) is 1.06. The molecule has 1 aromatic rings. The number of carbonyl (C=O) groups excluding carboxylic acids is 2. The summed E-state index contributed by atoms with van der Waals surface area (Å²) in [6.07, 6.45) is 2.96. The molecule has 2 aliphatic heterocycles. The first-order valence-electron chi connectivity index (χ1n) is 9.43. The minimum atomic E-state index is -1.07. The number of likely N-dealkylation sites (tertiary alicyclic amines) is 2. The van der Waals surface area contributed by atoms with Crippen LogP contribution in [0.4, 0.5) is 4.39 Å². The van der Waals surface area contributed by atoms with Crippen molar-refractivity contribution >= 4 is 17.8 Å². The fourth-order valence-electron chi connectivity index (χ4n) is 4.53. The number of fused-ring (bicyclic) bond motifs is 1. The van der Waals surface area contributed by atoms with Gasteiger partial charge in [-0.05, 0) is 30.5 Å². The van der Waals surface area contributed by atoms with Crippen molar-refractivity contribution in [3.05, 3.63) is 35.6 Å². The first-order valence-corrected chi connectivity index (χ1v) is 9.43. The van der Waals surface area contributed by atoms with Gasteiger partial charge in [-0.2, -0.15) is 0 Å². The Morgan fingerprint density at radius 2 is 1.70 bits per heavy atom. The molecule has 2 amide bonds. The second-order valence-electron chi connectivity index (χ2n) is 8.08. The first-order chi connectivity index (χ1) is 12.9. The molecule has 6 nitrogen and oxygen atoms in total. The highest BCUT2D eigenvalue weighted by atomic mass is 19.1. The molecule has 0 bridgehead atoms. The van der Waals surface area contributed by atoms with Crippen molar-refractivity contribution in [3.63, 3.8) is 0 Å². The molecule has 7 heteroatoms. The van der Waals surface area contributed by atoms with E-state index < -0.39 is 11.4 Å².